The number of amides is 1. The quantitative estimate of drug-likeness (QED) is 0.594. The molecular formula is C18H20FN3O3S. The van der Waals surface area contributed by atoms with E-state index in [0.717, 1.165) is 16.1 Å². The highest BCUT2D eigenvalue weighted by atomic mass is 32.2. The van der Waals surface area contributed by atoms with Crippen LogP contribution in [0.15, 0.2) is 53.6 Å². The first-order valence-corrected chi connectivity index (χ1v) is 9.79. The van der Waals surface area contributed by atoms with Gasteiger partial charge in [0.1, 0.15) is 12.4 Å². The Balaban J connectivity index is 2.11. The van der Waals surface area contributed by atoms with Crippen molar-refractivity contribution in [1.29, 1.82) is 0 Å². The van der Waals surface area contributed by atoms with Gasteiger partial charge in [-0.1, -0.05) is 37.3 Å². The Morgan fingerprint density at radius 1 is 1.19 bits per heavy atom. The van der Waals surface area contributed by atoms with Crippen molar-refractivity contribution >= 4 is 27.8 Å². The van der Waals surface area contributed by atoms with Gasteiger partial charge in [0.2, 0.25) is 10.0 Å². The summed E-state index contributed by atoms with van der Waals surface area (Å²) in [6.45, 7) is 1.52. The standard InChI is InChI=1S/C18H20FN3O3S/c1-3-15-6-4-5-7-17(15)22(26(2,24)25)13-18(23)21-20-12-14-8-10-16(19)11-9-14/h4-12H,3,13H2,1-2H3,(H,21,23)/b20-12-. The van der Waals surface area contributed by atoms with Crippen molar-refractivity contribution in [3.05, 3.63) is 65.5 Å². The number of anilines is 1. The topological polar surface area (TPSA) is 78.8 Å². The molecule has 0 aliphatic rings. The summed E-state index contributed by atoms with van der Waals surface area (Å²) in [7, 11) is -3.65. The predicted molar refractivity (Wildman–Crippen MR) is 100 cm³/mol. The van der Waals surface area contributed by atoms with E-state index in [-0.39, 0.29) is 5.82 Å². The molecule has 1 amide bonds. The Morgan fingerprint density at radius 3 is 2.46 bits per heavy atom. The minimum atomic E-state index is -3.65. The summed E-state index contributed by atoms with van der Waals surface area (Å²) in [4.78, 5) is 12.1. The van der Waals surface area contributed by atoms with Crippen LogP contribution < -0.4 is 9.73 Å². The van der Waals surface area contributed by atoms with Gasteiger partial charge in [-0.25, -0.2) is 18.2 Å². The van der Waals surface area contributed by atoms with Crippen molar-refractivity contribution in [2.24, 2.45) is 5.10 Å². The summed E-state index contributed by atoms with van der Waals surface area (Å²) in [5.41, 5.74) is 4.17. The second-order valence-electron chi connectivity index (χ2n) is 5.60. The summed E-state index contributed by atoms with van der Waals surface area (Å²) in [5, 5.41) is 3.77. The van der Waals surface area contributed by atoms with E-state index in [4.69, 9.17) is 0 Å². The van der Waals surface area contributed by atoms with Gasteiger partial charge >= 0.3 is 0 Å². The van der Waals surface area contributed by atoms with E-state index in [1.165, 1.54) is 30.5 Å². The normalized spacial score (nSPS) is 11.5. The van der Waals surface area contributed by atoms with Crippen LogP contribution in [0, 0.1) is 5.82 Å². The van der Waals surface area contributed by atoms with Gasteiger partial charge < -0.3 is 0 Å². The average Bonchev–Trinajstić information content (AvgIpc) is 2.60. The highest BCUT2D eigenvalue weighted by Gasteiger charge is 2.22. The van der Waals surface area contributed by atoms with Gasteiger partial charge in [-0.2, -0.15) is 5.10 Å². The molecule has 0 aliphatic carbocycles. The number of hydrogen-bond donors (Lipinski definition) is 1. The zero-order chi connectivity index (χ0) is 19.2. The molecule has 0 radical (unpaired) electrons. The van der Waals surface area contributed by atoms with Crippen molar-refractivity contribution in [2.45, 2.75) is 13.3 Å². The van der Waals surface area contributed by atoms with Crippen molar-refractivity contribution in [1.82, 2.24) is 5.43 Å². The largest absolute Gasteiger partial charge is 0.271 e. The molecule has 0 atom stereocenters. The number of para-hydroxylation sites is 1. The molecule has 0 spiro atoms. The molecule has 0 saturated carbocycles. The van der Waals surface area contributed by atoms with Crippen LogP contribution in [0.3, 0.4) is 0 Å². The number of aryl methyl sites for hydroxylation is 1. The second-order valence-corrected chi connectivity index (χ2v) is 7.50. The molecule has 2 rings (SSSR count). The van der Waals surface area contributed by atoms with Crippen LogP contribution in [0.2, 0.25) is 0 Å². The Hall–Kier alpha value is -2.74. The number of nitrogens with one attached hydrogen (secondary N) is 1. The summed E-state index contributed by atoms with van der Waals surface area (Å²) < 4.78 is 38.2. The monoisotopic (exact) mass is 377 g/mol. The number of benzene rings is 2. The maximum Gasteiger partial charge on any atom is 0.260 e. The van der Waals surface area contributed by atoms with Gasteiger partial charge in [-0.05, 0) is 35.7 Å². The first kappa shape index (κ1) is 19.6. The van der Waals surface area contributed by atoms with Gasteiger partial charge in [0.25, 0.3) is 5.91 Å². The van der Waals surface area contributed by atoms with E-state index in [1.54, 1.807) is 12.1 Å². The van der Waals surface area contributed by atoms with Crippen LogP contribution in [0.25, 0.3) is 0 Å². The van der Waals surface area contributed by atoms with E-state index >= 15 is 0 Å². The van der Waals surface area contributed by atoms with Crippen LogP contribution in [-0.4, -0.2) is 33.3 Å². The Bertz CT molecular complexity index is 896. The van der Waals surface area contributed by atoms with Crippen LogP contribution >= 0.6 is 0 Å². The fourth-order valence-electron chi connectivity index (χ4n) is 2.33. The molecule has 0 saturated heterocycles. The van der Waals surface area contributed by atoms with Crippen LogP contribution in [-0.2, 0) is 21.2 Å². The van der Waals surface area contributed by atoms with Gasteiger partial charge in [0, 0.05) is 0 Å². The van der Waals surface area contributed by atoms with E-state index in [2.05, 4.69) is 10.5 Å². The molecule has 2 aromatic rings. The van der Waals surface area contributed by atoms with Gasteiger partial charge in [-0.3, -0.25) is 9.10 Å². The maximum atomic E-state index is 12.8. The van der Waals surface area contributed by atoms with E-state index in [1.807, 2.05) is 19.1 Å². The van der Waals surface area contributed by atoms with Gasteiger partial charge in [0.15, 0.2) is 0 Å². The van der Waals surface area contributed by atoms with E-state index in [0.29, 0.717) is 17.7 Å². The Morgan fingerprint density at radius 2 is 1.85 bits per heavy atom. The van der Waals surface area contributed by atoms with E-state index in [9.17, 15) is 17.6 Å². The number of hydrazone groups is 1. The number of hydrogen-bond acceptors (Lipinski definition) is 4. The molecule has 138 valence electrons. The van der Waals surface area contributed by atoms with Crippen LogP contribution in [0.1, 0.15) is 18.1 Å². The van der Waals surface area contributed by atoms with Gasteiger partial charge in [-0.15, -0.1) is 0 Å². The summed E-state index contributed by atoms with van der Waals surface area (Å²) in [6, 6.07) is 12.6. The van der Waals surface area contributed by atoms with Crippen molar-refractivity contribution < 1.29 is 17.6 Å². The Labute approximate surface area is 152 Å². The van der Waals surface area contributed by atoms with Gasteiger partial charge in [0.05, 0.1) is 18.2 Å². The molecule has 0 unspecified atom stereocenters. The van der Waals surface area contributed by atoms with Crippen LogP contribution in [0.5, 0.6) is 0 Å². The third kappa shape index (κ3) is 5.38. The number of sulfonamides is 1. The fourth-order valence-corrected chi connectivity index (χ4v) is 3.21. The minimum absolute atomic E-state index is 0.371. The Kier molecular flexibility index (Phi) is 6.46. The lowest BCUT2D eigenvalue weighted by Crippen LogP contribution is -2.39. The minimum Gasteiger partial charge on any atom is -0.271 e. The van der Waals surface area contributed by atoms with Crippen LogP contribution in [0.4, 0.5) is 10.1 Å². The molecule has 0 aliphatic heterocycles. The fraction of sp³-hybridized carbons (Fsp3) is 0.222. The third-order valence-electron chi connectivity index (χ3n) is 3.60. The lowest BCUT2D eigenvalue weighted by molar-refractivity contribution is -0.119. The summed E-state index contributed by atoms with van der Waals surface area (Å²) >= 11 is 0. The molecule has 26 heavy (non-hydrogen) atoms. The highest BCUT2D eigenvalue weighted by Crippen LogP contribution is 2.23. The van der Waals surface area contributed by atoms with Crippen molar-refractivity contribution in [3.63, 3.8) is 0 Å². The summed E-state index contributed by atoms with van der Waals surface area (Å²) in [6.07, 6.45) is 3.03. The highest BCUT2D eigenvalue weighted by molar-refractivity contribution is 7.92. The lowest BCUT2D eigenvalue weighted by atomic mass is 10.1. The third-order valence-corrected chi connectivity index (χ3v) is 4.73. The second kappa shape index (κ2) is 8.57. The molecule has 1 N–H and O–H groups in total. The maximum absolute atomic E-state index is 12.8. The molecule has 6 nitrogen and oxygen atoms in total. The SMILES string of the molecule is CCc1ccccc1N(CC(=O)N/N=C\c1ccc(F)cc1)S(C)(=O)=O. The number of halogens is 1. The lowest BCUT2D eigenvalue weighted by Gasteiger charge is -2.23. The molecule has 0 aromatic heterocycles. The molecule has 0 bridgehead atoms. The molecular weight excluding hydrogens is 357 g/mol. The van der Waals surface area contributed by atoms with E-state index < -0.39 is 22.5 Å². The summed E-state index contributed by atoms with van der Waals surface area (Å²) in [5.74, 6) is -0.954. The predicted octanol–water partition coefficient (Wildman–Crippen LogP) is 2.30. The average molecular weight is 377 g/mol. The van der Waals surface area contributed by atoms with Crippen molar-refractivity contribution in [2.75, 3.05) is 17.1 Å². The first-order valence-electron chi connectivity index (χ1n) is 7.94. The first-order chi connectivity index (χ1) is 12.3. The number of rotatable bonds is 7. The van der Waals surface area contributed by atoms with Crippen molar-refractivity contribution in [3.8, 4) is 0 Å². The number of carbonyl (C=O) groups is 1. The molecule has 0 heterocycles. The smallest absolute Gasteiger partial charge is 0.260 e. The number of nitrogens with zero attached hydrogens (tertiary/aromatic N) is 2. The molecule has 0 fully saturated rings. The zero-order valence-electron chi connectivity index (χ0n) is 14.5. The molecule has 2 aromatic carbocycles. The number of carbonyl (C=O) groups excluding carboxylic acids is 1. The molecule has 8 heteroatoms. The zero-order valence-corrected chi connectivity index (χ0v) is 15.3.